The molecule has 2 aromatic carbocycles. The van der Waals surface area contributed by atoms with Crippen LogP contribution in [0.5, 0.6) is 0 Å². The lowest BCUT2D eigenvalue weighted by Crippen LogP contribution is -2.19. The van der Waals surface area contributed by atoms with Crippen LogP contribution in [0.1, 0.15) is 11.1 Å². The highest BCUT2D eigenvalue weighted by atomic mass is 32.1. The molecule has 0 spiro atoms. The summed E-state index contributed by atoms with van der Waals surface area (Å²) in [7, 11) is 0. The lowest BCUT2D eigenvalue weighted by molar-refractivity contribution is 0.586. The fourth-order valence-electron chi connectivity index (χ4n) is 2.93. The Kier molecular flexibility index (Phi) is 5.80. The highest BCUT2D eigenvalue weighted by Crippen LogP contribution is 2.12. The number of thiocarbonyl (C=S) groups is 1. The van der Waals surface area contributed by atoms with Crippen molar-refractivity contribution in [3.05, 3.63) is 95.9 Å². The van der Waals surface area contributed by atoms with Gasteiger partial charge in [-0.15, -0.1) is 0 Å². The van der Waals surface area contributed by atoms with Crippen molar-refractivity contribution in [1.82, 2.24) is 19.6 Å². The molecule has 0 aliphatic carbocycles. The first kappa shape index (κ1) is 19.7. The first-order valence-corrected chi connectivity index (χ1v) is 9.58. The first-order chi connectivity index (χ1) is 14.5. The Bertz CT molecular complexity index is 1170. The lowest BCUT2D eigenvalue weighted by atomic mass is 10.2. The van der Waals surface area contributed by atoms with Crippen molar-refractivity contribution in [2.45, 2.75) is 13.1 Å². The van der Waals surface area contributed by atoms with Gasteiger partial charge in [-0.2, -0.15) is 10.2 Å². The summed E-state index contributed by atoms with van der Waals surface area (Å²) in [5.74, 6) is -0.0104. The van der Waals surface area contributed by atoms with Crippen molar-refractivity contribution in [2.24, 2.45) is 0 Å². The van der Waals surface area contributed by atoms with E-state index in [0.29, 0.717) is 35.3 Å². The van der Waals surface area contributed by atoms with Gasteiger partial charge in [0.1, 0.15) is 11.6 Å². The topological polar surface area (TPSA) is 59.7 Å². The van der Waals surface area contributed by atoms with Gasteiger partial charge < -0.3 is 10.6 Å². The Morgan fingerprint density at radius 2 is 1.83 bits per heavy atom. The molecular formula is C21H18F2N6S. The maximum atomic E-state index is 13.8. The fourth-order valence-corrected chi connectivity index (χ4v) is 3.16. The molecule has 0 aliphatic heterocycles. The van der Waals surface area contributed by atoms with Crippen molar-refractivity contribution < 1.29 is 8.78 Å². The average Bonchev–Trinajstić information content (AvgIpc) is 3.33. The second kappa shape index (κ2) is 8.83. The van der Waals surface area contributed by atoms with Crippen LogP contribution in [0.2, 0.25) is 0 Å². The molecule has 30 heavy (non-hydrogen) atoms. The van der Waals surface area contributed by atoms with Crippen LogP contribution in [0.4, 0.5) is 20.3 Å². The van der Waals surface area contributed by atoms with E-state index >= 15 is 0 Å². The van der Waals surface area contributed by atoms with E-state index in [1.807, 2.05) is 6.07 Å². The fraction of sp³-hybridized carbons (Fsp3) is 0.0952. The zero-order valence-electron chi connectivity index (χ0n) is 15.8. The summed E-state index contributed by atoms with van der Waals surface area (Å²) in [5, 5.41) is 15.0. The van der Waals surface area contributed by atoms with Crippen LogP contribution in [0, 0.1) is 11.6 Å². The molecule has 0 amide bonds. The molecule has 4 aromatic rings. The minimum Gasteiger partial charge on any atom is -0.330 e. The molecule has 0 fully saturated rings. The van der Waals surface area contributed by atoms with Gasteiger partial charge in [0.2, 0.25) is 0 Å². The summed E-state index contributed by atoms with van der Waals surface area (Å²) < 4.78 is 30.4. The Hall–Kier alpha value is -3.59. The lowest BCUT2D eigenvalue weighted by Gasteiger charge is -2.07. The highest BCUT2D eigenvalue weighted by molar-refractivity contribution is 7.80. The first-order valence-electron chi connectivity index (χ1n) is 9.17. The van der Waals surface area contributed by atoms with Crippen LogP contribution in [-0.2, 0) is 13.1 Å². The monoisotopic (exact) mass is 424 g/mol. The van der Waals surface area contributed by atoms with Gasteiger partial charge in [0, 0.05) is 24.0 Å². The third kappa shape index (κ3) is 5.06. The molecule has 152 valence electrons. The van der Waals surface area contributed by atoms with E-state index in [1.54, 1.807) is 58.3 Å². The smallest absolute Gasteiger partial charge is 0.176 e. The summed E-state index contributed by atoms with van der Waals surface area (Å²) in [6.07, 6.45) is 5.15. The van der Waals surface area contributed by atoms with Gasteiger partial charge in [-0.05, 0) is 36.0 Å². The van der Waals surface area contributed by atoms with E-state index in [4.69, 9.17) is 12.2 Å². The predicted molar refractivity (Wildman–Crippen MR) is 115 cm³/mol. The molecule has 2 N–H and O–H groups in total. The molecule has 2 aromatic heterocycles. The van der Waals surface area contributed by atoms with Crippen molar-refractivity contribution in [3.63, 3.8) is 0 Å². The number of hydrogen-bond donors (Lipinski definition) is 2. The maximum Gasteiger partial charge on any atom is 0.176 e. The number of anilines is 2. The second-order valence-corrected chi connectivity index (χ2v) is 7.03. The Balaban J connectivity index is 1.32. The van der Waals surface area contributed by atoms with E-state index in [0.717, 1.165) is 5.56 Å². The number of rotatable bonds is 6. The van der Waals surface area contributed by atoms with E-state index in [-0.39, 0.29) is 11.6 Å². The number of nitrogens with zero attached hydrogens (tertiary/aromatic N) is 4. The Morgan fingerprint density at radius 3 is 2.67 bits per heavy atom. The summed E-state index contributed by atoms with van der Waals surface area (Å²) in [6.45, 7) is 0.765. The van der Waals surface area contributed by atoms with Crippen molar-refractivity contribution >= 4 is 28.8 Å². The van der Waals surface area contributed by atoms with Crippen molar-refractivity contribution in [3.8, 4) is 0 Å². The standard InChI is InChI=1S/C21H18F2N6S/c22-17-6-3-4-15(10-17)12-29-14-18(11-24-29)25-21(30)26-20-8-9-28(27-20)13-16-5-1-2-7-19(16)23/h1-11,14H,12-13H2,(H2,25,26,27,30). The van der Waals surface area contributed by atoms with E-state index in [2.05, 4.69) is 20.8 Å². The van der Waals surface area contributed by atoms with Gasteiger partial charge in [-0.3, -0.25) is 9.36 Å². The largest absolute Gasteiger partial charge is 0.330 e. The number of benzene rings is 2. The molecule has 0 saturated carbocycles. The van der Waals surface area contributed by atoms with Gasteiger partial charge in [-0.1, -0.05) is 30.3 Å². The minimum atomic E-state index is -0.280. The highest BCUT2D eigenvalue weighted by Gasteiger charge is 2.07. The summed E-state index contributed by atoms with van der Waals surface area (Å²) in [5.41, 5.74) is 2.05. The van der Waals surface area contributed by atoms with E-state index in [9.17, 15) is 8.78 Å². The quantitative estimate of drug-likeness (QED) is 0.453. The molecular weight excluding hydrogens is 406 g/mol. The van der Waals surface area contributed by atoms with Crippen molar-refractivity contribution in [1.29, 1.82) is 0 Å². The molecule has 2 heterocycles. The van der Waals surface area contributed by atoms with Gasteiger partial charge in [0.15, 0.2) is 10.9 Å². The number of nitrogens with one attached hydrogen (secondary N) is 2. The normalized spacial score (nSPS) is 10.7. The second-order valence-electron chi connectivity index (χ2n) is 6.63. The number of halogens is 2. The van der Waals surface area contributed by atoms with Gasteiger partial charge in [0.25, 0.3) is 0 Å². The zero-order valence-corrected chi connectivity index (χ0v) is 16.6. The summed E-state index contributed by atoms with van der Waals surface area (Å²) in [4.78, 5) is 0. The Labute approximate surface area is 177 Å². The summed E-state index contributed by atoms with van der Waals surface area (Å²) >= 11 is 5.32. The van der Waals surface area contributed by atoms with Gasteiger partial charge in [-0.25, -0.2) is 8.78 Å². The molecule has 0 aliphatic rings. The molecule has 0 radical (unpaired) electrons. The predicted octanol–water partition coefficient (Wildman–Crippen LogP) is 4.26. The summed E-state index contributed by atoms with van der Waals surface area (Å²) in [6, 6.07) is 14.7. The molecule has 0 saturated heterocycles. The number of aromatic nitrogens is 4. The Morgan fingerprint density at radius 1 is 0.967 bits per heavy atom. The van der Waals surface area contributed by atoms with E-state index < -0.39 is 0 Å². The zero-order chi connectivity index (χ0) is 20.9. The van der Waals surface area contributed by atoms with Gasteiger partial charge >= 0.3 is 0 Å². The average molecular weight is 424 g/mol. The van der Waals surface area contributed by atoms with E-state index in [1.165, 1.54) is 18.2 Å². The third-order valence-electron chi connectivity index (χ3n) is 4.30. The molecule has 0 bridgehead atoms. The van der Waals surface area contributed by atoms with Crippen LogP contribution in [0.15, 0.2) is 73.2 Å². The minimum absolute atomic E-state index is 0.269. The molecule has 6 nitrogen and oxygen atoms in total. The number of hydrogen-bond acceptors (Lipinski definition) is 3. The van der Waals surface area contributed by atoms with Gasteiger partial charge in [0.05, 0.1) is 25.0 Å². The van der Waals surface area contributed by atoms with Crippen LogP contribution in [-0.4, -0.2) is 24.7 Å². The third-order valence-corrected chi connectivity index (χ3v) is 4.50. The molecule has 0 unspecified atom stereocenters. The van der Waals surface area contributed by atoms with Crippen LogP contribution >= 0.6 is 12.2 Å². The molecule has 9 heteroatoms. The molecule has 0 atom stereocenters. The maximum absolute atomic E-state index is 13.8. The van der Waals surface area contributed by atoms with Crippen molar-refractivity contribution in [2.75, 3.05) is 10.6 Å². The molecule has 4 rings (SSSR count). The SMILES string of the molecule is Fc1cccc(Cn2cc(NC(=S)Nc3ccn(Cc4ccccc4F)n3)cn2)c1. The van der Waals surface area contributed by atoms with Crippen LogP contribution in [0.3, 0.4) is 0 Å². The van der Waals surface area contributed by atoms with Crippen LogP contribution < -0.4 is 10.6 Å². The van der Waals surface area contributed by atoms with Crippen LogP contribution in [0.25, 0.3) is 0 Å².